The number of hydrogen-bond acceptors (Lipinski definition) is 4. The molecule has 1 atom stereocenters. The number of benzene rings is 3. The van der Waals surface area contributed by atoms with E-state index in [9.17, 15) is 4.79 Å². The van der Waals surface area contributed by atoms with Crippen molar-refractivity contribution in [2.24, 2.45) is 0 Å². The summed E-state index contributed by atoms with van der Waals surface area (Å²) in [6, 6.07) is 28.6. The lowest BCUT2D eigenvalue weighted by molar-refractivity contribution is 0.0964. The number of rotatable bonds is 6. The van der Waals surface area contributed by atoms with E-state index in [0.29, 0.717) is 17.0 Å². The Morgan fingerprint density at radius 1 is 0.900 bits per heavy atom. The number of aromatic nitrogens is 3. The molecule has 0 aliphatic rings. The predicted molar refractivity (Wildman–Crippen MR) is 115 cm³/mol. The predicted octanol–water partition coefficient (Wildman–Crippen LogP) is 5.55. The van der Waals surface area contributed by atoms with Crippen molar-refractivity contribution in [3.63, 3.8) is 0 Å². The van der Waals surface area contributed by atoms with Gasteiger partial charge >= 0.3 is 0 Å². The van der Waals surface area contributed by atoms with E-state index in [-0.39, 0.29) is 18.2 Å². The molecule has 0 saturated carbocycles. The molecule has 5 nitrogen and oxygen atoms in total. The Labute approximate surface area is 173 Å². The highest BCUT2D eigenvalue weighted by atomic mass is 16.3. The first-order valence-electron chi connectivity index (χ1n) is 9.82. The van der Waals surface area contributed by atoms with Crippen molar-refractivity contribution in [3.05, 3.63) is 108 Å². The van der Waals surface area contributed by atoms with Gasteiger partial charge in [-0.25, -0.2) is 0 Å². The normalized spacial score (nSPS) is 12.1. The Balaban J connectivity index is 1.49. The van der Waals surface area contributed by atoms with Gasteiger partial charge in [-0.15, -0.1) is 5.10 Å². The van der Waals surface area contributed by atoms with Crippen molar-refractivity contribution in [2.75, 3.05) is 0 Å². The van der Waals surface area contributed by atoms with Crippen LogP contribution in [0.3, 0.4) is 0 Å². The number of nitrogens with zero attached hydrogens (tertiary/aromatic N) is 3. The van der Waals surface area contributed by atoms with Crippen molar-refractivity contribution in [1.82, 2.24) is 15.0 Å². The highest BCUT2D eigenvalue weighted by molar-refractivity contribution is 5.96. The van der Waals surface area contributed by atoms with Gasteiger partial charge in [-0.1, -0.05) is 78.9 Å². The minimum atomic E-state index is -0.308. The van der Waals surface area contributed by atoms with E-state index < -0.39 is 0 Å². The fourth-order valence-corrected chi connectivity index (χ4v) is 3.57. The molecule has 5 heteroatoms. The Morgan fingerprint density at radius 3 is 2.37 bits per heavy atom. The monoisotopic (exact) mass is 393 g/mol. The van der Waals surface area contributed by atoms with Crippen LogP contribution in [0.5, 0.6) is 0 Å². The van der Waals surface area contributed by atoms with Gasteiger partial charge in [0.1, 0.15) is 17.3 Å². The highest BCUT2D eigenvalue weighted by Crippen LogP contribution is 2.28. The Bertz CT molecular complexity index is 1260. The van der Waals surface area contributed by atoms with Crippen molar-refractivity contribution in [2.45, 2.75) is 12.5 Å². The van der Waals surface area contributed by atoms with E-state index in [1.807, 2.05) is 91.0 Å². The molecular weight excluding hydrogens is 374 g/mol. The molecule has 0 radical (unpaired) electrons. The summed E-state index contributed by atoms with van der Waals surface area (Å²) in [6.45, 7) is 0. The Kier molecular flexibility index (Phi) is 4.69. The smallest absolute Gasteiger partial charge is 0.165 e. The van der Waals surface area contributed by atoms with Gasteiger partial charge in [-0.2, -0.15) is 9.90 Å². The molecule has 0 N–H and O–H groups in total. The fraction of sp³-hybridized carbons (Fsp3) is 0.0800. The third kappa shape index (κ3) is 3.53. The molecule has 5 rings (SSSR count). The highest BCUT2D eigenvalue weighted by Gasteiger charge is 2.22. The van der Waals surface area contributed by atoms with Gasteiger partial charge in [0.2, 0.25) is 0 Å². The number of furan rings is 1. The van der Waals surface area contributed by atoms with Crippen LogP contribution >= 0.6 is 0 Å². The summed E-state index contributed by atoms with van der Waals surface area (Å²) < 4.78 is 5.92. The average molecular weight is 393 g/mol. The fourth-order valence-electron chi connectivity index (χ4n) is 3.57. The molecule has 0 amide bonds. The number of ketones is 1. The lowest BCUT2D eigenvalue weighted by Gasteiger charge is -2.16. The second-order valence-electron chi connectivity index (χ2n) is 7.12. The van der Waals surface area contributed by atoms with Crippen LogP contribution in [0.4, 0.5) is 0 Å². The van der Waals surface area contributed by atoms with Crippen molar-refractivity contribution < 1.29 is 9.21 Å². The zero-order valence-electron chi connectivity index (χ0n) is 16.2. The lowest BCUT2D eigenvalue weighted by atomic mass is 9.98. The van der Waals surface area contributed by atoms with E-state index >= 15 is 0 Å². The summed E-state index contributed by atoms with van der Waals surface area (Å²) in [7, 11) is 0. The van der Waals surface area contributed by atoms with Gasteiger partial charge < -0.3 is 4.42 Å². The summed E-state index contributed by atoms with van der Waals surface area (Å²) in [5.74, 6) is 0.704. The molecule has 30 heavy (non-hydrogen) atoms. The first-order valence-corrected chi connectivity index (χ1v) is 9.82. The maximum Gasteiger partial charge on any atom is 0.165 e. The molecule has 2 heterocycles. The molecule has 0 bridgehead atoms. The number of para-hydroxylation sites is 1. The largest absolute Gasteiger partial charge is 0.454 e. The van der Waals surface area contributed by atoms with Crippen LogP contribution in [0, 0.1) is 0 Å². The average Bonchev–Trinajstić information content (AvgIpc) is 3.45. The zero-order valence-corrected chi connectivity index (χ0v) is 16.2. The minimum absolute atomic E-state index is 0.0482. The molecule has 1 unspecified atom stereocenters. The minimum Gasteiger partial charge on any atom is -0.454 e. The second-order valence-corrected chi connectivity index (χ2v) is 7.12. The Morgan fingerprint density at radius 2 is 1.60 bits per heavy atom. The molecule has 5 aromatic rings. The molecule has 0 saturated heterocycles. The van der Waals surface area contributed by atoms with E-state index in [0.717, 1.165) is 16.5 Å². The molecule has 3 aromatic carbocycles. The number of hydrogen-bond donors (Lipinski definition) is 0. The van der Waals surface area contributed by atoms with Gasteiger partial charge in [-0.3, -0.25) is 4.79 Å². The summed E-state index contributed by atoms with van der Waals surface area (Å²) in [6.07, 6.45) is 1.95. The maximum atomic E-state index is 12.9. The number of carbonyl (C=O) groups excluding carboxylic acids is 1. The van der Waals surface area contributed by atoms with Gasteiger partial charge in [-0.05, 0) is 17.7 Å². The van der Waals surface area contributed by atoms with Crippen LogP contribution in [0.15, 0.2) is 102 Å². The molecule has 2 aromatic heterocycles. The first kappa shape index (κ1) is 18.1. The van der Waals surface area contributed by atoms with Crippen LogP contribution < -0.4 is 0 Å². The molecule has 0 aliphatic carbocycles. The third-order valence-corrected chi connectivity index (χ3v) is 5.12. The number of Topliss-reactive ketones (excluding diaryl/α,β-unsaturated/α-hetero) is 1. The molecule has 0 spiro atoms. The van der Waals surface area contributed by atoms with E-state index in [2.05, 4.69) is 10.2 Å². The SMILES string of the molecule is O=C(CC(c1ccccc1)n1ncc(-c2cc3ccccc3o2)n1)c1ccccc1. The van der Waals surface area contributed by atoms with Gasteiger partial charge in [0.25, 0.3) is 0 Å². The molecule has 0 fully saturated rings. The van der Waals surface area contributed by atoms with Crippen molar-refractivity contribution >= 4 is 16.8 Å². The summed E-state index contributed by atoms with van der Waals surface area (Å²) in [5, 5.41) is 10.2. The second kappa shape index (κ2) is 7.79. The van der Waals surface area contributed by atoms with Crippen LogP contribution in [0.1, 0.15) is 28.4 Å². The van der Waals surface area contributed by atoms with Crippen LogP contribution in [-0.4, -0.2) is 20.8 Å². The van der Waals surface area contributed by atoms with Crippen molar-refractivity contribution in [1.29, 1.82) is 0 Å². The molecular formula is C25H19N3O2. The van der Waals surface area contributed by atoms with E-state index in [4.69, 9.17) is 4.42 Å². The van der Waals surface area contributed by atoms with Crippen LogP contribution in [0.2, 0.25) is 0 Å². The van der Waals surface area contributed by atoms with Crippen LogP contribution in [-0.2, 0) is 0 Å². The van der Waals surface area contributed by atoms with Gasteiger partial charge in [0.15, 0.2) is 11.5 Å². The van der Waals surface area contributed by atoms with E-state index in [1.165, 1.54) is 0 Å². The Hall–Kier alpha value is -3.99. The first-order chi connectivity index (χ1) is 14.8. The standard InChI is InChI=1S/C25H19N3O2/c29-23(19-11-5-2-6-12-19)16-22(18-9-3-1-4-10-18)28-26-17-21(27-28)25-15-20-13-7-8-14-24(20)30-25/h1-15,17,22H,16H2. The number of carbonyl (C=O) groups is 1. The van der Waals surface area contributed by atoms with Gasteiger partial charge in [0, 0.05) is 17.4 Å². The van der Waals surface area contributed by atoms with Crippen LogP contribution in [0.25, 0.3) is 22.4 Å². The third-order valence-electron chi connectivity index (χ3n) is 5.12. The quantitative estimate of drug-likeness (QED) is 0.355. The molecule has 0 aliphatic heterocycles. The zero-order chi connectivity index (χ0) is 20.3. The topological polar surface area (TPSA) is 60.9 Å². The van der Waals surface area contributed by atoms with Crippen molar-refractivity contribution in [3.8, 4) is 11.5 Å². The summed E-state index contributed by atoms with van der Waals surface area (Å²) in [5.41, 5.74) is 3.11. The summed E-state index contributed by atoms with van der Waals surface area (Å²) in [4.78, 5) is 14.5. The molecule has 146 valence electrons. The summed E-state index contributed by atoms with van der Waals surface area (Å²) >= 11 is 0. The maximum absolute atomic E-state index is 12.9. The lowest BCUT2D eigenvalue weighted by Crippen LogP contribution is -2.18. The van der Waals surface area contributed by atoms with E-state index in [1.54, 1.807) is 11.0 Å². The van der Waals surface area contributed by atoms with Gasteiger partial charge in [0.05, 0.1) is 6.20 Å². The number of fused-ring (bicyclic) bond motifs is 1.